The lowest BCUT2D eigenvalue weighted by molar-refractivity contribution is -0.627. The van der Waals surface area contributed by atoms with Crippen molar-refractivity contribution in [1.29, 1.82) is 0 Å². The number of rotatable bonds is 9. The van der Waals surface area contributed by atoms with Gasteiger partial charge >= 0.3 is 11.1 Å². The molecule has 0 amide bonds. The van der Waals surface area contributed by atoms with Crippen LogP contribution in [0, 0.1) is 0 Å². The molecule has 0 aliphatic carbocycles. The number of thiazole rings is 1. The lowest BCUT2D eigenvalue weighted by Gasteiger charge is -2.22. The van der Waals surface area contributed by atoms with E-state index in [2.05, 4.69) is 28.6 Å². The zero-order chi connectivity index (χ0) is 26.0. The maximum atomic E-state index is 11.2. The zero-order valence-electron chi connectivity index (χ0n) is 20.0. The summed E-state index contributed by atoms with van der Waals surface area (Å²) in [6.07, 6.45) is 1.77. The summed E-state index contributed by atoms with van der Waals surface area (Å²) < 4.78 is 40.7. The Bertz CT molecular complexity index is 1280. The molecule has 0 radical (unpaired) electrons. The molecular formula is C23H28N4O6S2. The van der Waals surface area contributed by atoms with E-state index in [4.69, 9.17) is 22.4 Å². The lowest BCUT2D eigenvalue weighted by atomic mass is 10.2. The first-order valence-electron chi connectivity index (χ1n) is 10.5. The molecule has 0 aliphatic heterocycles. The highest BCUT2D eigenvalue weighted by Gasteiger charge is 2.16. The van der Waals surface area contributed by atoms with Crippen molar-refractivity contribution in [3.05, 3.63) is 55.1 Å². The maximum absolute atomic E-state index is 11.2. The minimum Gasteiger partial charge on any atom is -0.748 e. The smallest absolute Gasteiger partial charge is 0.409 e. The molecule has 3 rings (SSSR count). The van der Waals surface area contributed by atoms with Crippen LogP contribution in [-0.2, 0) is 26.7 Å². The standard InChI is InChI=1S/C22H25N4O3S.CH4O3S/c1-5-21(27)29-14-13-26(6-2)17-9-7-16(8-10-17)23-24-22-25(3)19-12-11-18(28-4)15-20(19)30-22;1-5(2,3)4/h5,7-12,15H,1,6,13-14H2,2-4H3;1H3,(H,2,3,4)/q+1;/p-1. The van der Waals surface area contributed by atoms with E-state index in [0.717, 1.165) is 39.0 Å². The lowest BCUT2D eigenvalue weighted by Crippen LogP contribution is -2.27. The van der Waals surface area contributed by atoms with Crippen LogP contribution in [0.3, 0.4) is 0 Å². The van der Waals surface area contributed by atoms with Gasteiger partial charge in [0.1, 0.15) is 23.6 Å². The largest absolute Gasteiger partial charge is 0.748 e. The van der Waals surface area contributed by atoms with Gasteiger partial charge in [0.05, 0.1) is 40.6 Å². The third-order valence-electron chi connectivity index (χ3n) is 4.64. The summed E-state index contributed by atoms with van der Waals surface area (Å²) in [5.74, 6) is 0.415. The molecule has 0 atom stereocenters. The van der Waals surface area contributed by atoms with E-state index in [9.17, 15) is 4.79 Å². The molecule has 0 spiro atoms. The summed E-state index contributed by atoms with van der Waals surface area (Å²) in [7, 11) is -0.284. The van der Waals surface area contributed by atoms with Crippen molar-refractivity contribution >= 4 is 54.1 Å². The van der Waals surface area contributed by atoms with Crippen molar-refractivity contribution in [1.82, 2.24) is 0 Å². The summed E-state index contributed by atoms with van der Waals surface area (Å²) in [6, 6.07) is 13.8. The second-order valence-electron chi connectivity index (χ2n) is 7.15. The molecule has 0 N–H and O–H groups in total. The monoisotopic (exact) mass is 520 g/mol. The second-order valence-corrected chi connectivity index (χ2v) is 9.57. The first-order valence-corrected chi connectivity index (χ1v) is 13.1. The van der Waals surface area contributed by atoms with Crippen LogP contribution < -0.4 is 14.2 Å². The SMILES string of the molecule is C=CC(=O)OCCN(CC)c1ccc(N=Nc2sc3cc(OC)ccc3[n+]2C)cc1.CS(=O)(=O)[O-]. The minimum atomic E-state index is -3.92. The van der Waals surface area contributed by atoms with Gasteiger partial charge in [-0.3, -0.25) is 0 Å². The molecule has 0 unspecified atom stereocenters. The predicted molar refractivity (Wildman–Crippen MR) is 135 cm³/mol. The average molecular weight is 521 g/mol. The summed E-state index contributed by atoms with van der Waals surface area (Å²) in [6.45, 7) is 7.17. The number of azo groups is 1. The zero-order valence-corrected chi connectivity index (χ0v) is 21.6. The Morgan fingerprint density at radius 1 is 1.23 bits per heavy atom. The summed E-state index contributed by atoms with van der Waals surface area (Å²) in [5, 5.41) is 9.62. The van der Waals surface area contributed by atoms with Crippen LogP contribution in [0.25, 0.3) is 10.2 Å². The Kier molecular flexibility index (Phi) is 10.3. The van der Waals surface area contributed by atoms with E-state index >= 15 is 0 Å². The highest BCUT2D eigenvalue weighted by Crippen LogP contribution is 2.30. The number of benzene rings is 2. The highest BCUT2D eigenvalue weighted by atomic mass is 32.2. The summed E-state index contributed by atoms with van der Waals surface area (Å²) >= 11 is 1.56. The van der Waals surface area contributed by atoms with Gasteiger partial charge in [-0.05, 0) is 59.8 Å². The van der Waals surface area contributed by atoms with Crippen molar-refractivity contribution in [3.63, 3.8) is 0 Å². The van der Waals surface area contributed by atoms with Crippen LogP contribution in [0.15, 0.2) is 65.3 Å². The van der Waals surface area contributed by atoms with Gasteiger partial charge in [-0.2, -0.15) is 0 Å². The van der Waals surface area contributed by atoms with Crippen molar-refractivity contribution in [2.45, 2.75) is 6.92 Å². The number of aromatic nitrogens is 1. The third kappa shape index (κ3) is 9.08. The van der Waals surface area contributed by atoms with E-state index in [1.54, 1.807) is 18.4 Å². The van der Waals surface area contributed by atoms with Crippen molar-refractivity contribution in [3.8, 4) is 5.75 Å². The Hall–Kier alpha value is -3.35. The van der Waals surface area contributed by atoms with Crippen molar-refractivity contribution < 1.29 is 31.8 Å². The van der Waals surface area contributed by atoms with Gasteiger partial charge in [-0.1, -0.05) is 6.58 Å². The number of fused-ring (bicyclic) bond motifs is 1. The molecule has 0 bridgehead atoms. The quantitative estimate of drug-likeness (QED) is 0.138. The molecule has 10 nitrogen and oxygen atoms in total. The van der Waals surface area contributed by atoms with Gasteiger partial charge in [0.2, 0.25) is 0 Å². The molecule has 188 valence electrons. The number of aryl methyl sites for hydroxylation is 1. The first-order chi connectivity index (χ1) is 16.5. The predicted octanol–water partition coefficient (Wildman–Crippen LogP) is 3.87. The molecule has 0 saturated heterocycles. The average Bonchev–Trinajstić information content (AvgIpc) is 3.14. The molecule has 35 heavy (non-hydrogen) atoms. The topological polar surface area (TPSA) is 125 Å². The Balaban J connectivity index is 0.000000784. The van der Waals surface area contributed by atoms with Gasteiger partial charge in [0.15, 0.2) is 0 Å². The van der Waals surface area contributed by atoms with Gasteiger partial charge in [-0.25, -0.2) is 17.8 Å². The van der Waals surface area contributed by atoms with E-state index in [-0.39, 0.29) is 0 Å². The van der Waals surface area contributed by atoms with Crippen LogP contribution in [0.4, 0.5) is 16.5 Å². The number of hydrogen-bond donors (Lipinski definition) is 0. The van der Waals surface area contributed by atoms with Crippen LogP contribution in [0.5, 0.6) is 5.75 Å². The Morgan fingerprint density at radius 2 is 1.89 bits per heavy atom. The first kappa shape index (κ1) is 27.9. The third-order valence-corrected chi connectivity index (χ3v) is 5.72. The summed E-state index contributed by atoms with van der Waals surface area (Å²) in [5.41, 5.74) is 2.88. The number of carbonyl (C=O) groups excluding carboxylic acids is 1. The molecule has 0 aliphatic rings. The minimum absolute atomic E-state index is 0.313. The molecule has 1 aromatic heterocycles. The fraction of sp³-hybridized carbons (Fsp3) is 0.304. The summed E-state index contributed by atoms with van der Waals surface area (Å²) in [4.78, 5) is 13.3. The fourth-order valence-corrected chi connectivity index (χ4v) is 3.95. The number of carbonyl (C=O) groups is 1. The highest BCUT2D eigenvalue weighted by molar-refractivity contribution is 7.84. The van der Waals surface area contributed by atoms with Crippen molar-refractivity contribution in [2.24, 2.45) is 17.3 Å². The van der Waals surface area contributed by atoms with Crippen LogP contribution in [0.2, 0.25) is 0 Å². The van der Waals surface area contributed by atoms with E-state index in [1.807, 2.05) is 54.1 Å². The van der Waals surface area contributed by atoms with Crippen LogP contribution in [0.1, 0.15) is 6.92 Å². The molecule has 2 aromatic carbocycles. The molecule has 12 heteroatoms. The van der Waals surface area contributed by atoms with E-state index < -0.39 is 16.1 Å². The Morgan fingerprint density at radius 3 is 2.46 bits per heavy atom. The second kappa shape index (κ2) is 12.9. The van der Waals surface area contributed by atoms with Crippen molar-refractivity contribution in [2.75, 3.05) is 38.0 Å². The molecule has 0 saturated carbocycles. The number of nitrogens with zero attached hydrogens (tertiary/aromatic N) is 4. The van der Waals surface area contributed by atoms with Crippen LogP contribution >= 0.6 is 11.3 Å². The number of likely N-dealkylation sites (N-methyl/N-ethyl adjacent to an activating group) is 1. The molecule has 0 fully saturated rings. The fourth-order valence-electron chi connectivity index (χ4n) is 2.95. The van der Waals surface area contributed by atoms with E-state index in [1.165, 1.54) is 6.08 Å². The van der Waals surface area contributed by atoms with Crippen LogP contribution in [-0.4, -0.2) is 52.0 Å². The Labute approximate surface area is 208 Å². The van der Waals surface area contributed by atoms with Gasteiger partial charge in [0, 0.05) is 30.6 Å². The van der Waals surface area contributed by atoms with E-state index in [0.29, 0.717) is 19.4 Å². The van der Waals surface area contributed by atoms with Gasteiger partial charge < -0.3 is 18.9 Å². The number of methoxy groups -OCH3 is 1. The normalized spacial score (nSPS) is 11.1. The molecule has 3 aromatic rings. The number of esters is 1. The van der Waals surface area contributed by atoms with Gasteiger partial charge in [0.25, 0.3) is 0 Å². The maximum Gasteiger partial charge on any atom is 0.409 e. The molecule has 1 heterocycles. The van der Waals surface area contributed by atoms with Gasteiger partial charge in [-0.15, -0.1) is 0 Å². The molecular weight excluding hydrogens is 492 g/mol. The number of hydrogen-bond acceptors (Lipinski definition) is 10. The number of anilines is 1. The number of ether oxygens (including phenoxy) is 2.